The van der Waals surface area contributed by atoms with Crippen molar-refractivity contribution in [3.05, 3.63) is 35.9 Å². The van der Waals surface area contributed by atoms with Gasteiger partial charge in [-0.15, -0.1) is 0 Å². The smallest absolute Gasteiger partial charge is 0.312 e. The molecular weight excluding hydrogens is 338 g/mol. The molecule has 0 spiro atoms. The summed E-state index contributed by atoms with van der Waals surface area (Å²) in [7, 11) is 0. The van der Waals surface area contributed by atoms with Crippen molar-refractivity contribution in [1.82, 2.24) is 10.6 Å². The molecule has 5 heteroatoms. The molecule has 0 aromatic heterocycles. The van der Waals surface area contributed by atoms with E-state index in [9.17, 15) is 9.59 Å². The lowest BCUT2D eigenvalue weighted by Gasteiger charge is -2.59. The van der Waals surface area contributed by atoms with Gasteiger partial charge in [-0.05, 0) is 74.2 Å². The fourth-order valence-electron chi connectivity index (χ4n) is 6.46. The topological polar surface area (TPSA) is 84.2 Å². The number of hydrogen-bond acceptors (Lipinski definition) is 2. The van der Waals surface area contributed by atoms with Gasteiger partial charge in [0.2, 0.25) is 5.91 Å². The summed E-state index contributed by atoms with van der Waals surface area (Å²) in [6.45, 7) is 2.18. The Kier molecular flexibility index (Phi) is 4.87. The maximum atomic E-state index is 12.8. The molecule has 27 heavy (non-hydrogen) atoms. The van der Waals surface area contributed by atoms with E-state index in [1.54, 1.807) is 0 Å². The largest absolute Gasteiger partial charge is 0.353 e. The SMILES string of the molecule is C[C@H](NC(=O)C[C@@H](NC(N)=O)c1ccccc1)C12CC3CC(CC(C3)C1)C2. The van der Waals surface area contributed by atoms with Crippen LogP contribution in [0.25, 0.3) is 0 Å². The van der Waals surface area contributed by atoms with Gasteiger partial charge in [0.15, 0.2) is 0 Å². The number of hydrogen-bond donors (Lipinski definition) is 3. The first kappa shape index (κ1) is 18.3. The molecule has 4 N–H and O–H groups in total. The number of rotatable bonds is 6. The van der Waals surface area contributed by atoms with E-state index < -0.39 is 12.1 Å². The highest BCUT2D eigenvalue weighted by atomic mass is 16.2. The average molecular weight is 370 g/mol. The molecule has 5 rings (SSSR count). The van der Waals surface area contributed by atoms with Crippen LogP contribution in [-0.4, -0.2) is 18.0 Å². The van der Waals surface area contributed by atoms with Crippen molar-refractivity contribution in [2.75, 3.05) is 0 Å². The molecule has 5 nitrogen and oxygen atoms in total. The van der Waals surface area contributed by atoms with Crippen molar-refractivity contribution in [2.45, 2.75) is 64.0 Å². The number of benzene rings is 1. The molecule has 4 aliphatic rings. The number of primary amides is 1. The number of urea groups is 1. The van der Waals surface area contributed by atoms with Gasteiger partial charge in [-0.25, -0.2) is 4.79 Å². The third-order valence-electron chi connectivity index (χ3n) is 7.29. The molecule has 0 saturated heterocycles. The highest BCUT2D eigenvalue weighted by molar-refractivity contribution is 5.79. The highest BCUT2D eigenvalue weighted by Gasteiger charge is 2.53. The fourth-order valence-corrected chi connectivity index (χ4v) is 6.46. The Balaban J connectivity index is 1.41. The van der Waals surface area contributed by atoms with Gasteiger partial charge in [0.1, 0.15) is 0 Å². The average Bonchev–Trinajstić information content (AvgIpc) is 2.60. The summed E-state index contributed by atoms with van der Waals surface area (Å²) in [5, 5.41) is 5.99. The van der Waals surface area contributed by atoms with E-state index in [-0.39, 0.29) is 23.8 Å². The Hall–Kier alpha value is -2.04. The van der Waals surface area contributed by atoms with Gasteiger partial charge in [0.05, 0.1) is 12.5 Å². The van der Waals surface area contributed by atoms with E-state index in [0.29, 0.717) is 0 Å². The molecule has 0 heterocycles. The predicted octanol–water partition coefficient (Wildman–Crippen LogP) is 3.51. The van der Waals surface area contributed by atoms with Crippen molar-refractivity contribution in [2.24, 2.45) is 28.9 Å². The van der Waals surface area contributed by atoms with Gasteiger partial charge in [-0.3, -0.25) is 4.79 Å². The molecule has 0 radical (unpaired) electrons. The number of carbonyl (C=O) groups is 2. The van der Waals surface area contributed by atoms with Crippen molar-refractivity contribution >= 4 is 11.9 Å². The second kappa shape index (κ2) is 7.17. The zero-order valence-corrected chi connectivity index (χ0v) is 16.1. The van der Waals surface area contributed by atoms with Crippen LogP contribution in [0.1, 0.15) is 63.5 Å². The van der Waals surface area contributed by atoms with Crippen LogP contribution in [0.15, 0.2) is 30.3 Å². The summed E-state index contributed by atoms with van der Waals surface area (Å²) in [6.07, 6.45) is 8.21. The van der Waals surface area contributed by atoms with Crippen LogP contribution >= 0.6 is 0 Å². The van der Waals surface area contributed by atoms with Crippen molar-refractivity contribution in [3.8, 4) is 0 Å². The molecule has 4 saturated carbocycles. The van der Waals surface area contributed by atoms with E-state index in [2.05, 4.69) is 17.6 Å². The zero-order valence-electron chi connectivity index (χ0n) is 16.1. The van der Waals surface area contributed by atoms with E-state index >= 15 is 0 Å². The Labute approximate surface area is 161 Å². The highest BCUT2D eigenvalue weighted by Crippen LogP contribution is 2.61. The fraction of sp³-hybridized carbons (Fsp3) is 0.636. The summed E-state index contributed by atoms with van der Waals surface area (Å²) in [5.41, 5.74) is 6.51. The van der Waals surface area contributed by atoms with Crippen molar-refractivity contribution in [1.29, 1.82) is 0 Å². The monoisotopic (exact) mass is 369 g/mol. The lowest BCUT2D eigenvalue weighted by atomic mass is 9.48. The Morgan fingerprint density at radius 2 is 1.59 bits per heavy atom. The lowest BCUT2D eigenvalue weighted by Crippen LogP contribution is -2.56. The molecule has 1 aromatic rings. The minimum absolute atomic E-state index is 0.0131. The Morgan fingerprint density at radius 1 is 1.04 bits per heavy atom. The van der Waals surface area contributed by atoms with Crippen molar-refractivity contribution < 1.29 is 9.59 Å². The summed E-state index contributed by atoms with van der Waals surface area (Å²) in [5.74, 6) is 2.58. The van der Waals surface area contributed by atoms with Gasteiger partial charge in [0, 0.05) is 6.04 Å². The van der Waals surface area contributed by atoms with Gasteiger partial charge < -0.3 is 16.4 Å². The molecule has 3 amide bonds. The molecule has 146 valence electrons. The van der Waals surface area contributed by atoms with Crippen LogP contribution < -0.4 is 16.4 Å². The lowest BCUT2D eigenvalue weighted by molar-refractivity contribution is -0.126. The minimum atomic E-state index is -0.606. The van der Waals surface area contributed by atoms with Crippen LogP contribution in [0.2, 0.25) is 0 Å². The molecule has 1 aromatic carbocycles. The molecule has 4 bridgehead atoms. The first-order chi connectivity index (χ1) is 12.9. The van der Waals surface area contributed by atoms with Crippen LogP contribution in [0.4, 0.5) is 4.79 Å². The maximum Gasteiger partial charge on any atom is 0.312 e. The second-order valence-electron chi connectivity index (χ2n) is 9.25. The number of amides is 3. The van der Waals surface area contributed by atoms with Gasteiger partial charge in [-0.1, -0.05) is 30.3 Å². The third kappa shape index (κ3) is 3.83. The molecule has 2 atom stereocenters. The zero-order chi connectivity index (χ0) is 19.0. The quantitative estimate of drug-likeness (QED) is 0.717. The number of nitrogens with two attached hydrogens (primary N) is 1. The molecule has 4 fully saturated rings. The molecular formula is C22H31N3O2. The van der Waals surface area contributed by atoms with Crippen molar-refractivity contribution in [3.63, 3.8) is 0 Å². The second-order valence-corrected chi connectivity index (χ2v) is 9.25. The maximum absolute atomic E-state index is 12.8. The Bertz CT molecular complexity index is 667. The summed E-state index contributed by atoms with van der Waals surface area (Å²) in [6, 6.07) is 8.73. The molecule has 4 aliphatic carbocycles. The summed E-state index contributed by atoms with van der Waals surface area (Å²) >= 11 is 0. The van der Waals surface area contributed by atoms with Gasteiger partial charge >= 0.3 is 6.03 Å². The molecule has 0 aliphatic heterocycles. The minimum Gasteiger partial charge on any atom is -0.353 e. The van der Waals surface area contributed by atoms with Gasteiger partial charge in [-0.2, -0.15) is 0 Å². The first-order valence-electron chi connectivity index (χ1n) is 10.3. The number of nitrogens with one attached hydrogen (secondary N) is 2. The van der Waals surface area contributed by atoms with E-state index in [0.717, 1.165) is 23.3 Å². The molecule has 0 unspecified atom stereocenters. The third-order valence-corrected chi connectivity index (χ3v) is 7.29. The van der Waals surface area contributed by atoms with E-state index in [4.69, 9.17) is 5.73 Å². The van der Waals surface area contributed by atoms with Gasteiger partial charge in [0.25, 0.3) is 0 Å². The standard InChI is InChI=1S/C22H31N3O2/c1-14(22-11-15-7-16(12-22)9-17(8-15)13-22)24-20(26)10-19(25-21(23)27)18-5-3-2-4-6-18/h2-6,14-17,19H,7-13H2,1H3,(H,24,26)(H3,23,25,27)/t14-,15?,16?,17?,19+,22?/m0/s1. The predicted molar refractivity (Wildman–Crippen MR) is 105 cm³/mol. The van der Waals surface area contributed by atoms with Crippen LogP contribution in [0.3, 0.4) is 0 Å². The van der Waals surface area contributed by atoms with E-state index in [1.165, 1.54) is 38.5 Å². The van der Waals surface area contributed by atoms with Crippen LogP contribution in [0.5, 0.6) is 0 Å². The first-order valence-corrected chi connectivity index (χ1v) is 10.3. The summed E-state index contributed by atoms with van der Waals surface area (Å²) < 4.78 is 0. The Morgan fingerprint density at radius 3 is 2.11 bits per heavy atom. The van der Waals surface area contributed by atoms with E-state index in [1.807, 2.05) is 30.3 Å². The summed E-state index contributed by atoms with van der Waals surface area (Å²) in [4.78, 5) is 24.2. The number of carbonyl (C=O) groups excluding carboxylic acids is 2. The van der Waals surface area contributed by atoms with Crippen LogP contribution in [0, 0.1) is 23.2 Å². The van der Waals surface area contributed by atoms with Crippen LogP contribution in [-0.2, 0) is 4.79 Å². The normalized spacial score (nSPS) is 33.3.